The number of aromatic nitrogens is 2. The molecule has 1 aliphatic carbocycles. The normalized spacial score (nSPS) is 23.7. The van der Waals surface area contributed by atoms with Gasteiger partial charge in [-0.05, 0) is 49.7 Å². The first-order valence-corrected chi connectivity index (χ1v) is 6.69. The lowest BCUT2D eigenvalue weighted by molar-refractivity contribution is 0.266. The smallest absolute Gasteiger partial charge is 0.163 e. The first kappa shape index (κ1) is 12.8. The highest BCUT2D eigenvalue weighted by molar-refractivity contribution is 5.36. The van der Waals surface area contributed by atoms with Gasteiger partial charge in [-0.15, -0.1) is 10.2 Å². The zero-order valence-corrected chi connectivity index (χ0v) is 11.1. The topological polar surface area (TPSA) is 61.6 Å². The molecule has 0 spiro atoms. The average molecular weight is 244 g/mol. The van der Waals surface area contributed by atoms with E-state index in [1.54, 1.807) is 6.07 Å². The number of hydrogen-bond acceptors (Lipinski definition) is 4. The Morgan fingerprint density at radius 1 is 1.22 bits per heavy atom. The summed E-state index contributed by atoms with van der Waals surface area (Å²) in [5.41, 5.74) is 0.365. The van der Waals surface area contributed by atoms with Gasteiger partial charge in [-0.25, -0.2) is 0 Å². The summed E-state index contributed by atoms with van der Waals surface area (Å²) >= 11 is 0. The molecule has 1 saturated carbocycles. The van der Waals surface area contributed by atoms with E-state index < -0.39 is 0 Å². The van der Waals surface area contributed by atoms with Gasteiger partial charge in [0, 0.05) is 6.04 Å². The molecule has 2 rings (SSSR count). The van der Waals surface area contributed by atoms with E-state index in [0.29, 0.717) is 11.7 Å². The van der Waals surface area contributed by atoms with Crippen molar-refractivity contribution in [3.8, 4) is 6.07 Å². The van der Waals surface area contributed by atoms with Crippen LogP contribution < -0.4 is 5.32 Å². The highest BCUT2D eigenvalue weighted by Gasteiger charge is 2.23. The van der Waals surface area contributed by atoms with Crippen LogP contribution in [0.2, 0.25) is 0 Å². The first-order chi connectivity index (χ1) is 8.69. The third kappa shape index (κ3) is 3.19. The van der Waals surface area contributed by atoms with Crippen LogP contribution in [0.4, 0.5) is 5.82 Å². The summed E-state index contributed by atoms with van der Waals surface area (Å²) in [5.74, 6) is 2.44. The van der Waals surface area contributed by atoms with E-state index in [1.165, 1.54) is 25.7 Å². The van der Waals surface area contributed by atoms with Gasteiger partial charge in [0.25, 0.3) is 0 Å². The fraction of sp³-hybridized carbons (Fsp3) is 0.643. The molecule has 4 nitrogen and oxygen atoms in total. The Morgan fingerprint density at radius 3 is 2.44 bits per heavy atom. The molecule has 1 N–H and O–H groups in total. The van der Waals surface area contributed by atoms with Crippen LogP contribution in [0, 0.1) is 23.2 Å². The Kier molecular flexibility index (Phi) is 4.14. The van der Waals surface area contributed by atoms with E-state index in [1.807, 2.05) is 12.1 Å². The minimum Gasteiger partial charge on any atom is -0.366 e. The van der Waals surface area contributed by atoms with Crippen molar-refractivity contribution in [3.63, 3.8) is 0 Å². The molecule has 1 aromatic heterocycles. The van der Waals surface area contributed by atoms with Gasteiger partial charge in [0.2, 0.25) is 0 Å². The first-order valence-electron chi connectivity index (χ1n) is 6.69. The van der Waals surface area contributed by atoms with E-state index in [9.17, 15) is 0 Å². The molecule has 0 atom stereocenters. The Balaban J connectivity index is 1.86. The number of rotatable bonds is 3. The maximum atomic E-state index is 8.66. The molecule has 0 radical (unpaired) electrons. The predicted octanol–water partition coefficient (Wildman–Crippen LogP) is 2.97. The minimum absolute atomic E-state index is 0.365. The van der Waals surface area contributed by atoms with Crippen LogP contribution >= 0.6 is 0 Å². The summed E-state index contributed by atoms with van der Waals surface area (Å²) in [4.78, 5) is 0. The molecule has 0 saturated heterocycles. The summed E-state index contributed by atoms with van der Waals surface area (Å²) in [7, 11) is 0. The number of nitrogens with zero attached hydrogens (tertiary/aromatic N) is 3. The van der Waals surface area contributed by atoms with E-state index >= 15 is 0 Å². The van der Waals surface area contributed by atoms with Crippen molar-refractivity contribution in [2.45, 2.75) is 45.6 Å². The van der Waals surface area contributed by atoms with Crippen LogP contribution in [0.15, 0.2) is 12.1 Å². The van der Waals surface area contributed by atoms with Gasteiger partial charge < -0.3 is 5.32 Å². The van der Waals surface area contributed by atoms with Gasteiger partial charge in [-0.2, -0.15) is 5.26 Å². The second kappa shape index (κ2) is 5.81. The molecule has 0 unspecified atom stereocenters. The fourth-order valence-corrected chi connectivity index (χ4v) is 2.61. The third-order valence-electron chi connectivity index (χ3n) is 3.85. The van der Waals surface area contributed by atoms with Crippen molar-refractivity contribution in [1.29, 1.82) is 5.26 Å². The molecule has 0 bridgehead atoms. The summed E-state index contributed by atoms with van der Waals surface area (Å²) in [6.45, 7) is 4.62. The van der Waals surface area contributed by atoms with E-state index in [2.05, 4.69) is 29.4 Å². The molecule has 1 aliphatic rings. The van der Waals surface area contributed by atoms with Crippen LogP contribution in [0.25, 0.3) is 0 Å². The monoisotopic (exact) mass is 244 g/mol. The molecule has 18 heavy (non-hydrogen) atoms. The molecule has 0 aromatic carbocycles. The second-order valence-corrected chi connectivity index (χ2v) is 5.42. The van der Waals surface area contributed by atoms with E-state index in [-0.39, 0.29) is 0 Å². The number of anilines is 1. The van der Waals surface area contributed by atoms with E-state index in [0.717, 1.165) is 17.7 Å². The zero-order chi connectivity index (χ0) is 13.0. The molecule has 4 heteroatoms. The van der Waals surface area contributed by atoms with Gasteiger partial charge in [0.15, 0.2) is 5.69 Å². The van der Waals surface area contributed by atoms with Crippen LogP contribution in [-0.4, -0.2) is 16.2 Å². The highest BCUT2D eigenvalue weighted by atomic mass is 15.2. The Morgan fingerprint density at radius 2 is 1.94 bits per heavy atom. The quantitative estimate of drug-likeness (QED) is 0.888. The summed E-state index contributed by atoms with van der Waals surface area (Å²) in [5, 5.41) is 19.9. The van der Waals surface area contributed by atoms with Crippen molar-refractivity contribution in [1.82, 2.24) is 10.2 Å². The lowest BCUT2D eigenvalue weighted by atomic mass is 9.80. The number of nitrogens with one attached hydrogen (secondary N) is 1. The van der Waals surface area contributed by atoms with Crippen molar-refractivity contribution in [3.05, 3.63) is 17.8 Å². The molecule has 1 aromatic rings. The standard InChI is InChI=1S/C14H20N4/c1-10(2)11-3-5-12(6-4-11)16-14-8-7-13(9-15)17-18-14/h7-8,10-12H,3-6H2,1-2H3,(H,16,18). The number of hydrogen-bond donors (Lipinski definition) is 1. The zero-order valence-electron chi connectivity index (χ0n) is 11.1. The lowest BCUT2D eigenvalue weighted by Crippen LogP contribution is -2.28. The maximum absolute atomic E-state index is 8.66. The van der Waals surface area contributed by atoms with Gasteiger partial charge >= 0.3 is 0 Å². The van der Waals surface area contributed by atoms with Crippen molar-refractivity contribution < 1.29 is 0 Å². The average Bonchev–Trinajstić information content (AvgIpc) is 2.40. The largest absolute Gasteiger partial charge is 0.366 e. The van der Waals surface area contributed by atoms with Crippen LogP contribution in [0.5, 0.6) is 0 Å². The SMILES string of the molecule is CC(C)C1CCC(Nc2ccc(C#N)nn2)CC1. The molecule has 0 aliphatic heterocycles. The molecule has 96 valence electrons. The maximum Gasteiger partial charge on any atom is 0.163 e. The Labute approximate surface area is 108 Å². The summed E-state index contributed by atoms with van der Waals surface area (Å²) in [6.07, 6.45) is 4.98. The van der Waals surface area contributed by atoms with Gasteiger partial charge in [0.1, 0.15) is 11.9 Å². The fourth-order valence-electron chi connectivity index (χ4n) is 2.61. The predicted molar refractivity (Wildman–Crippen MR) is 71.0 cm³/mol. The van der Waals surface area contributed by atoms with Gasteiger partial charge in [0.05, 0.1) is 0 Å². The Hall–Kier alpha value is -1.63. The number of nitriles is 1. The van der Waals surface area contributed by atoms with Gasteiger partial charge in [-0.3, -0.25) is 0 Å². The van der Waals surface area contributed by atoms with Crippen LogP contribution in [-0.2, 0) is 0 Å². The van der Waals surface area contributed by atoms with Crippen molar-refractivity contribution >= 4 is 5.82 Å². The molecule has 0 amide bonds. The highest BCUT2D eigenvalue weighted by Crippen LogP contribution is 2.30. The molecule has 1 fully saturated rings. The van der Waals surface area contributed by atoms with E-state index in [4.69, 9.17) is 5.26 Å². The summed E-state index contributed by atoms with van der Waals surface area (Å²) in [6, 6.07) is 6.01. The Bertz CT molecular complexity index is 410. The molecular formula is C14H20N4. The minimum atomic E-state index is 0.365. The van der Waals surface area contributed by atoms with Crippen LogP contribution in [0.1, 0.15) is 45.2 Å². The molecular weight excluding hydrogens is 224 g/mol. The second-order valence-electron chi connectivity index (χ2n) is 5.42. The van der Waals surface area contributed by atoms with Crippen molar-refractivity contribution in [2.24, 2.45) is 11.8 Å². The van der Waals surface area contributed by atoms with Crippen LogP contribution in [0.3, 0.4) is 0 Å². The van der Waals surface area contributed by atoms with Gasteiger partial charge in [-0.1, -0.05) is 13.8 Å². The van der Waals surface area contributed by atoms with Crippen molar-refractivity contribution in [2.75, 3.05) is 5.32 Å². The lowest BCUT2D eigenvalue weighted by Gasteiger charge is -2.31. The third-order valence-corrected chi connectivity index (χ3v) is 3.85. The molecule has 1 heterocycles. The summed E-state index contributed by atoms with van der Waals surface area (Å²) < 4.78 is 0.